The van der Waals surface area contributed by atoms with E-state index in [0.29, 0.717) is 13.1 Å². The van der Waals surface area contributed by atoms with Gasteiger partial charge >= 0.3 is 0 Å². The van der Waals surface area contributed by atoms with Gasteiger partial charge in [-0.15, -0.1) is 0 Å². The molecule has 1 saturated heterocycles. The van der Waals surface area contributed by atoms with Gasteiger partial charge in [0.05, 0.1) is 11.8 Å². The molecule has 1 unspecified atom stereocenters. The number of benzene rings is 1. The summed E-state index contributed by atoms with van der Waals surface area (Å²) in [6.45, 7) is 2.95. The van der Waals surface area contributed by atoms with Crippen molar-refractivity contribution in [3.05, 3.63) is 29.3 Å². The van der Waals surface area contributed by atoms with Crippen LogP contribution in [0.5, 0.6) is 0 Å². The van der Waals surface area contributed by atoms with Gasteiger partial charge in [-0.1, -0.05) is 12.2 Å². The number of aliphatic hydroxyl groups excluding tert-OH is 1. The Labute approximate surface area is 122 Å². The maximum atomic E-state index is 14.1. The minimum absolute atomic E-state index is 0.0693. The van der Waals surface area contributed by atoms with Gasteiger partial charge in [0, 0.05) is 18.7 Å². The Bertz CT molecular complexity index is 514. The lowest BCUT2D eigenvalue weighted by Crippen LogP contribution is -2.37. The zero-order valence-corrected chi connectivity index (χ0v) is 12.1. The molecule has 0 radical (unpaired) electrons. The first-order valence-electron chi connectivity index (χ1n) is 6.62. The summed E-state index contributed by atoms with van der Waals surface area (Å²) in [7, 11) is 0. The predicted octanol–water partition coefficient (Wildman–Crippen LogP) is 2.20. The Morgan fingerprint density at radius 1 is 1.35 bits per heavy atom. The monoisotopic (exact) mass is 300 g/mol. The molecule has 6 heteroatoms. The molecule has 1 fully saturated rings. The second-order valence-corrected chi connectivity index (χ2v) is 5.63. The molecule has 1 aromatic rings. The highest BCUT2D eigenvalue weighted by Crippen LogP contribution is 2.29. The van der Waals surface area contributed by atoms with Gasteiger partial charge in [-0.25, -0.2) is 8.78 Å². The first-order valence-corrected chi connectivity index (χ1v) is 7.03. The molecule has 0 aliphatic carbocycles. The van der Waals surface area contributed by atoms with E-state index in [-0.39, 0.29) is 28.3 Å². The Morgan fingerprint density at radius 3 is 2.45 bits per heavy atom. The van der Waals surface area contributed by atoms with Gasteiger partial charge in [-0.2, -0.15) is 0 Å². The van der Waals surface area contributed by atoms with E-state index in [0.717, 1.165) is 12.8 Å². The number of hydrogen-bond donors (Lipinski definition) is 2. The number of anilines is 1. The minimum Gasteiger partial charge on any atom is -0.393 e. The maximum absolute atomic E-state index is 14.1. The fraction of sp³-hybridized carbons (Fsp3) is 0.500. The molecule has 0 bridgehead atoms. The number of thiocarbonyl (C=S) groups is 1. The van der Waals surface area contributed by atoms with E-state index in [1.165, 1.54) is 12.1 Å². The van der Waals surface area contributed by atoms with Crippen LogP contribution in [0.3, 0.4) is 0 Å². The minimum atomic E-state index is -0.993. The summed E-state index contributed by atoms with van der Waals surface area (Å²) in [6.07, 6.45) is 1.15. The van der Waals surface area contributed by atoms with Crippen molar-refractivity contribution in [2.24, 2.45) is 11.7 Å². The molecular weight excluding hydrogens is 282 g/mol. The van der Waals surface area contributed by atoms with Gasteiger partial charge < -0.3 is 15.7 Å². The first kappa shape index (κ1) is 15.1. The molecule has 1 aliphatic heterocycles. The van der Waals surface area contributed by atoms with Crippen LogP contribution in [0.4, 0.5) is 14.5 Å². The molecule has 3 nitrogen and oxygen atoms in total. The van der Waals surface area contributed by atoms with Gasteiger partial charge in [0.1, 0.15) is 4.99 Å². The molecule has 0 aromatic heterocycles. The molecule has 1 heterocycles. The van der Waals surface area contributed by atoms with Crippen LogP contribution < -0.4 is 10.6 Å². The lowest BCUT2D eigenvalue weighted by Gasteiger charge is -2.35. The largest absolute Gasteiger partial charge is 0.393 e. The van der Waals surface area contributed by atoms with E-state index in [1.54, 1.807) is 11.8 Å². The molecule has 3 N–H and O–H groups in total. The first-order chi connectivity index (χ1) is 9.41. The summed E-state index contributed by atoms with van der Waals surface area (Å²) >= 11 is 4.68. The van der Waals surface area contributed by atoms with E-state index in [4.69, 9.17) is 5.73 Å². The van der Waals surface area contributed by atoms with Crippen molar-refractivity contribution < 1.29 is 13.9 Å². The number of aliphatic hydroxyl groups is 1. The molecule has 1 aromatic carbocycles. The van der Waals surface area contributed by atoms with Crippen molar-refractivity contribution in [3.8, 4) is 0 Å². The van der Waals surface area contributed by atoms with Crippen molar-refractivity contribution in [1.82, 2.24) is 0 Å². The number of nitrogens with zero attached hydrogens (tertiary/aromatic N) is 1. The molecule has 1 atom stereocenters. The quantitative estimate of drug-likeness (QED) is 0.840. The standard InChI is InChI=1S/C14H18F2N2OS/c1-8(19)9-4-6-18(7-5-9)11-3-2-10(14(17)20)12(15)13(11)16/h2-3,8-9,19H,4-7H2,1H3,(H2,17,20). The molecular formula is C14H18F2N2OS. The summed E-state index contributed by atoms with van der Waals surface area (Å²) in [6, 6.07) is 2.92. The normalized spacial score (nSPS) is 18.1. The summed E-state index contributed by atoms with van der Waals surface area (Å²) in [4.78, 5) is 1.64. The lowest BCUT2D eigenvalue weighted by molar-refractivity contribution is 0.110. The van der Waals surface area contributed by atoms with Crippen LogP contribution in [0, 0.1) is 17.6 Å². The van der Waals surface area contributed by atoms with Crippen molar-refractivity contribution in [3.63, 3.8) is 0 Å². The second kappa shape index (κ2) is 6.01. The van der Waals surface area contributed by atoms with Gasteiger partial charge in [-0.3, -0.25) is 0 Å². The summed E-state index contributed by atoms with van der Waals surface area (Å²) < 4.78 is 27.9. The number of halogens is 2. The van der Waals surface area contributed by atoms with Gasteiger partial charge in [0.15, 0.2) is 11.6 Å². The van der Waals surface area contributed by atoms with Crippen LogP contribution in [-0.4, -0.2) is 29.3 Å². The van der Waals surface area contributed by atoms with Crippen molar-refractivity contribution >= 4 is 22.9 Å². The Morgan fingerprint density at radius 2 is 1.95 bits per heavy atom. The zero-order valence-electron chi connectivity index (χ0n) is 11.3. The third kappa shape index (κ3) is 2.91. The van der Waals surface area contributed by atoms with Crippen LogP contribution in [-0.2, 0) is 0 Å². The van der Waals surface area contributed by atoms with Gasteiger partial charge in [0.25, 0.3) is 0 Å². The van der Waals surface area contributed by atoms with Crippen LogP contribution >= 0.6 is 12.2 Å². The molecule has 0 amide bonds. The Kier molecular flexibility index (Phi) is 4.55. The van der Waals surface area contributed by atoms with E-state index in [9.17, 15) is 13.9 Å². The van der Waals surface area contributed by atoms with Crippen molar-refractivity contribution in [2.45, 2.75) is 25.9 Å². The van der Waals surface area contributed by atoms with Crippen LogP contribution in [0.25, 0.3) is 0 Å². The van der Waals surface area contributed by atoms with E-state index < -0.39 is 11.6 Å². The SMILES string of the molecule is CC(O)C1CCN(c2ccc(C(N)=S)c(F)c2F)CC1. The Hall–Kier alpha value is -1.27. The van der Waals surface area contributed by atoms with E-state index in [1.807, 2.05) is 0 Å². The third-order valence-corrected chi connectivity index (χ3v) is 4.11. The maximum Gasteiger partial charge on any atom is 0.182 e. The predicted molar refractivity (Wildman–Crippen MR) is 78.9 cm³/mol. The molecule has 1 aliphatic rings. The third-order valence-electron chi connectivity index (χ3n) is 3.89. The van der Waals surface area contributed by atoms with Gasteiger partial charge in [-0.05, 0) is 37.8 Å². The molecule has 2 rings (SSSR count). The highest BCUT2D eigenvalue weighted by Gasteiger charge is 2.26. The number of hydrogen-bond acceptors (Lipinski definition) is 3. The summed E-state index contributed by atoms with van der Waals surface area (Å²) in [5.74, 6) is -1.69. The summed E-state index contributed by atoms with van der Waals surface area (Å²) in [5.41, 5.74) is 5.51. The Balaban J connectivity index is 2.19. The molecule has 0 spiro atoms. The molecule has 110 valence electrons. The average Bonchev–Trinajstić information content (AvgIpc) is 2.41. The number of piperidine rings is 1. The molecule has 20 heavy (non-hydrogen) atoms. The van der Waals surface area contributed by atoms with Crippen molar-refractivity contribution in [1.29, 1.82) is 0 Å². The highest BCUT2D eigenvalue weighted by atomic mass is 32.1. The highest BCUT2D eigenvalue weighted by molar-refractivity contribution is 7.80. The second-order valence-electron chi connectivity index (χ2n) is 5.19. The van der Waals surface area contributed by atoms with E-state index >= 15 is 0 Å². The van der Waals surface area contributed by atoms with Crippen molar-refractivity contribution in [2.75, 3.05) is 18.0 Å². The fourth-order valence-corrected chi connectivity index (χ4v) is 2.75. The van der Waals surface area contributed by atoms with Gasteiger partial charge in [0.2, 0.25) is 0 Å². The summed E-state index contributed by atoms with van der Waals surface area (Å²) in [5, 5.41) is 9.55. The van der Waals surface area contributed by atoms with Crippen LogP contribution in [0.2, 0.25) is 0 Å². The lowest BCUT2D eigenvalue weighted by atomic mass is 9.92. The fourth-order valence-electron chi connectivity index (χ4n) is 2.60. The zero-order chi connectivity index (χ0) is 14.9. The van der Waals surface area contributed by atoms with Crippen LogP contribution in [0.1, 0.15) is 25.3 Å². The van der Waals surface area contributed by atoms with Crippen LogP contribution in [0.15, 0.2) is 12.1 Å². The topological polar surface area (TPSA) is 49.5 Å². The smallest absolute Gasteiger partial charge is 0.182 e. The van der Waals surface area contributed by atoms with E-state index in [2.05, 4.69) is 12.2 Å². The average molecular weight is 300 g/mol. The number of nitrogens with two attached hydrogens (primary N) is 1. The molecule has 0 saturated carbocycles. The number of rotatable bonds is 3.